The zero-order valence-electron chi connectivity index (χ0n) is 10.7. The molecule has 0 aliphatic rings. The van der Waals surface area contributed by atoms with Crippen molar-refractivity contribution < 1.29 is 18.4 Å². The number of nitrogens with one attached hydrogen (secondary N) is 1. The van der Waals surface area contributed by atoms with Crippen molar-refractivity contribution in [1.82, 2.24) is 0 Å². The predicted molar refractivity (Wildman–Crippen MR) is 73.7 cm³/mol. The van der Waals surface area contributed by atoms with Crippen molar-refractivity contribution in [3.05, 3.63) is 59.2 Å². The summed E-state index contributed by atoms with van der Waals surface area (Å²) >= 11 is 0. The van der Waals surface area contributed by atoms with Crippen molar-refractivity contribution in [1.29, 1.82) is 0 Å². The van der Waals surface area contributed by atoms with Crippen LogP contribution in [0.4, 0.5) is 20.2 Å². The van der Waals surface area contributed by atoms with Crippen LogP contribution >= 0.6 is 0 Å². The van der Waals surface area contributed by atoms with Crippen LogP contribution in [0.3, 0.4) is 0 Å². The van der Waals surface area contributed by atoms with Gasteiger partial charge in [0.25, 0.3) is 5.91 Å². The fourth-order valence-corrected chi connectivity index (χ4v) is 1.69. The van der Waals surface area contributed by atoms with Gasteiger partial charge < -0.3 is 16.8 Å². The SMILES string of the molecule is NC(=O)c1ccc(F)c(NC(=O)c2cc(F)ccc2N)c1. The average molecular weight is 291 g/mol. The summed E-state index contributed by atoms with van der Waals surface area (Å²) in [5.74, 6) is -2.98. The highest BCUT2D eigenvalue weighted by atomic mass is 19.1. The van der Waals surface area contributed by atoms with Crippen LogP contribution in [-0.4, -0.2) is 11.8 Å². The van der Waals surface area contributed by atoms with E-state index in [1.165, 1.54) is 12.1 Å². The summed E-state index contributed by atoms with van der Waals surface area (Å²) in [5.41, 5.74) is 10.3. The molecule has 2 amide bonds. The lowest BCUT2D eigenvalue weighted by Crippen LogP contribution is -2.17. The van der Waals surface area contributed by atoms with E-state index in [1.54, 1.807) is 0 Å². The third-order valence-corrected chi connectivity index (χ3v) is 2.76. The van der Waals surface area contributed by atoms with E-state index in [1.807, 2.05) is 0 Å². The first-order valence-corrected chi connectivity index (χ1v) is 5.84. The average Bonchev–Trinajstić information content (AvgIpc) is 2.43. The molecule has 2 rings (SSSR count). The Bertz CT molecular complexity index is 732. The number of hydrogen-bond donors (Lipinski definition) is 3. The van der Waals surface area contributed by atoms with Crippen molar-refractivity contribution >= 4 is 23.2 Å². The summed E-state index contributed by atoms with van der Waals surface area (Å²) in [6.45, 7) is 0. The van der Waals surface area contributed by atoms with Gasteiger partial charge in [-0.25, -0.2) is 8.78 Å². The normalized spacial score (nSPS) is 10.2. The number of hydrogen-bond acceptors (Lipinski definition) is 3. The van der Waals surface area contributed by atoms with Crippen LogP contribution in [0.2, 0.25) is 0 Å². The van der Waals surface area contributed by atoms with Crippen molar-refractivity contribution in [2.45, 2.75) is 0 Å². The minimum atomic E-state index is -0.799. The van der Waals surface area contributed by atoms with Gasteiger partial charge in [-0.1, -0.05) is 0 Å². The Hall–Kier alpha value is -2.96. The third-order valence-electron chi connectivity index (χ3n) is 2.76. The fourth-order valence-electron chi connectivity index (χ4n) is 1.69. The predicted octanol–water partition coefficient (Wildman–Crippen LogP) is 1.90. The van der Waals surface area contributed by atoms with Gasteiger partial charge in [-0.05, 0) is 36.4 Å². The molecule has 5 nitrogen and oxygen atoms in total. The lowest BCUT2D eigenvalue weighted by Gasteiger charge is -2.09. The molecule has 0 bridgehead atoms. The molecule has 0 spiro atoms. The van der Waals surface area contributed by atoms with Gasteiger partial charge in [-0.3, -0.25) is 9.59 Å². The first kappa shape index (κ1) is 14.4. The molecule has 0 atom stereocenters. The lowest BCUT2D eigenvalue weighted by atomic mass is 10.1. The molecule has 7 heteroatoms. The Morgan fingerprint density at radius 1 is 1.05 bits per heavy atom. The Balaban J connectivity index is 2.33. The monoisotopic (exact) mass is 291 g/mol. The fraction of sp³-hybridized carbons (Fsp3) is 0. The van der Waals surface area contributed by atoms with E-state index in [0.29, 0.717) is 0 Å². The van der Waals surface area contributed by atoms with E-state index < -0.39 is 23.4 Å². The summed E-state index contributed by atoms with van der Waals surface area (Å²) < 4.78 is 26.7. The van der Waals surface area contributed by atoms with Gasteiger partial charge in [-0.2, -0.15) is 0 Å². The number of nitrogen functional groups attached to an aromatic ring is 1. The number of benzene rings is 2. The van der Waals surface area contributed by atoms with Gasteiger partial charge in [0.1, 0.15) is 11.6 Å². The molecule has 5 N–H and O–H groups in total. The van der Waals surface area contributed by atoms with Crippen molar-refractivity contribution in [2.24, 2.45) is 5.73 Å². The first-order valence-electron chi connectivity index (χ1n) is 5.84. The maximum absolute atomic E-state index is 13.6. The zero-order chi connectivity index (χ0) is 15.6. The maximum Gasteiger partial charge on any atom is 0.257 e. The van der Waals surface area contributed by atoms with E-state index in [2.05, 4.69) is 5.32 Å². The molecule has 108 valence electrons. The van der Waals surface area contributed by atoms with Gasteiger partial charge in [0.2, 0.25) is 5.91 Å². The van der Waals surface area contributed by atoms with Gasteiger partial charge >= 0.3 is 0 Å². The molecule has 0 saturated heterocycles. The molecule has 0 aliphatic carbocycles. The molecule has 21 heavy (non-hydrogen) atoms. The standard InChI is InChI=1S/C14H11F2N3O2/c15-8-2-4-11(17)9(6-8)14(21)19-12-5-7(13(18)20)1-3-10(12)16/h1-6H,17H2,(H2,18,20)(H,19,21). The summed E-state index contributed by atoms with van der Waals surface area (Å²) in [6.07, 6.45) is 0. The second-order valence-corrected chi connectivity index (χ2v) is 4.24. The molecule has 0 saturated carbocycles. The molecule has 0 aliphatic heterocycles. The lowest BCUT2D eigenvalue weighted by molar-refractivity contribution is 0.0996. The highest BCUT2D eigenvalue weighted by Crippen LogP contribution is 2.19. The molecular formula is C14H11F2N3O2. The summed E-state index contributed by atoms with van der Waals surface area (Å²) in [5, 5.41) is 2.22. The van der Waals surface area contributed by atoms with Crippen LogP contribution in [0, 0.1) is 11.6 Å². The second kappa shape index (κ2) is 5.58. The number of anilines is 2. The van der Waals surface area contributed by atoms with Crippen molar-refractivity contribution in [2.75, 3.05) is 11.1 Å². The van der Waals surface area contributed by atoms with Crippen LogP contribution in [0.15, 0.2) is 36.4 Å². The number of rotatable bonds is 3. The molecule has 0 heterocycles. The number of halogens is 2. The Morgan fingerprint density at radius 3 is 2.43 bits per heavy atom. The molecule has 0 fully saturated rings. The van der Waals surface area contributed by atoms with Gasteiger partial charge in [0, 0.05) is 11.3 Å². The summed E-state index contributed by atoms with van der Waals surface area (Å²) in [4.78, 5) is 23.0. The van der Waals surface area contributed by atoms with Gasteiger partial charge in [0.15, 0.2) is 0 Å². The molecule has 2 aromatic carbocycles. The Morgan fingerprint density at radius 2 is 1.76 bits per heavy atom. The smallest absolute Gasteiger partial charge is 0.257 e. The topological polar surface area (TPSA) is 98.2 Å². The van der Waals surface area contributed by atoms with Crippen molar-refractivity contribution in [3.8, 4) is 0 Å². The number of carbonyl (C=O) groups is 2. The second-order valence-electron chi connectivity index (χ2n) is 4.24. The molecule has 0 aromatic heterocycles. The molecule has 0 unspecified atom stereocenters. The van der Waals surface area contributed by atoms with Crippen LogP contribution in [-0.2, 0) is 0 Å². The minimum Gasteiger partial charge on any atom is -0.398 e. The maximum atomic E-state index is 13.6. The first-order chi connectivity index (χ1) is 9.88. The number of nitrogens with two attached hydrogens (primary N) is 2. The highest BCUT2D eigenvalue weighted by molar-refractivity contribution is 6.08. The van der Waals surface area contributed by atoms with Crippen LogP contribution < -0.4 is 16.8 Å². The third kappa shape index (κ3) is 3.14. The van der Waals surface area contributed by atoms with Crippen molar-refractivity contribution in [3.63, 3.8) is 0 Å². The number of amides is 2. The van der Waals surface area contributed by atoms with E-state index in [4.69, 9.17) is 11.5 Å². The zero-order valence-corrected chi connectivity index (χ0v) is 10.7. The summed E-state index contributed by atoms with van der Waals surface area (Å²) in [7, 11) is 0. The van der Waals surface area contributed by atoms with Gasteiger partial charge in [0.05, 0.1) is 11.3 Å². The van der Waals surface area contributed by atoms with E-state index in [9.17, 15) is 18.4 Å². The number of primary amides is 1. The van der Waals surface area contributed by atoms with Gasteiger partial charge in [-0.15, -0.1) is 0 Å². The molecule has 0 radical (unpaired) electrons. The van der Waals surface area contributed by atoms with E-state index in [0.717, 1.165) is 24.3 Å². The largest absolute Gasteiger partial charge is 0.398 e. The minimum absolute atomic E-state index is 0.0268. The van der Waals surface area contributed by atoms with Crippen LogP contribution in [0.1, 0.15) is 20.7 Å². The highest BCUT2D eigenvalue weighted by Gasteiger charge is 2.14. The quantitative estimate of drug-likeness (QED) is 0.753. The summed E-state index contributed by atoms with van der Waals surface area (Å²) in [6, 6.07) is 6.51. The Labute approximate surface area is 118 Å². The van der Waals surface area contributed by atoms with E-state index in [-0.39, 0.29) is 22.5 Å². The number of carbonyl (C=O) groups excluding carboxylic acids is 2. The van der Waals surface area contributed by atoms with Crippen LogP contribution in [0.25, 0.3) is 0 Å². The Kier molecular flexibility index (Phi) is 3.84. The van der Waals surface area contributed by atoms with Crippen LogP contribution in [0.5, 0.6) is 0 Å². The van der Waals surface area contributed by atoms with E-state index >= 15 is 0 Å². The molecular weight excluding hydrogens is 280 g/mol. The molecule has 2 aromatic rings.